The summed E-state index contributed by atoms with van der Waals surface area (Å²) < 4.78 is 11.3. The number of fused-ring (bicyclic) bond motifs is 5. The molecule has 3 aliphatic rings. The molecule has 2 aliphatic heterocycles. The summed E-state index contributed by atoms with van der Waals surface area (Å²) in [4.78, 5) is 41.2. The van der Waals surface area contributed by atoms with Crippen molar-refractivity contribution in [2.75, 3.05) is 19.7 Å². The molecule has 2 amide bonds. The normalized spacial score (nSPS) is 23.0. The minimum atomic E-state index is -1.52. The lowest BCUT2D eigenvalue weighted by Gasteiger charge is -2.45. The van der Waals surface area contributed by atoms with Crippen LogP contribution in [0.4, 0.5) is 9.59 Å². The molecule has 0 spiro atoms. The van der Waals surface area contributed by atoms with Gasteiger partial charge in [0.2, 0.25) is 0 Å². The van der Waals surface area contributed by atoms with Gasteiger partial charge in [-0.1, -0.05) is 48.5 Å². The Hall–Kier alpha value is -3.55. The molecule has 8 heteroatoms. The summed E-state index contributed by atoms with van der Waals surface area (Å²) in [7, 11) is 0. The maximum absolute atomic E-state index is 13.1. The van der Waals surface area contributed by atoms with Crippen LogP contribution in [0.3, 0.4) is 0 Å². The van der Waals surface area contributed by atoms with E-state index in [4.69, 9.17) is 9.47 Å². The molecule has 184 valence electrons. The Labute approximate surface area is 204 Å². The fraction of sp³-hybridized carbons (Fsp3) is 0.444. The molecule has 2 bridgehead atoms. The van der Waals surface area contributed by atoms with E-state index in [0.29, 0.717) is 6.42 Å². The van der Waals surface area contributed by atoms with Gasteiger partial charge >= 0.3 is 18.2 Å². The van der Waals surface area contributed by atoms with Crippen molar-refractivity contribution in [1.29, 1.82) is 0 Å². The highest BCUT2D eigenvalue weighted by Gasteiger charge is 2.60. The van der Waals surface area contributed by atoms with Crippen molar-refractivity contribution in [3.05, 3.63) is 59.7 Å². The lowest BCUT2D eigenvalue weighted by molar-refractivity contribution is -0.153. The maximum atomic E-state index is 13.1. The van der Waals surface area contributed by atoms with E-state index in [1.54, 1.807) is 20.8 Å². The highest BCUT2D eigenvalue weighted by atomic mass is 16.6. The van der Waals surface area contributed by atoms with Crippen LogP contribution in [0.25, 0.3) is 11.1 Å². The first-order valence-corrected chi connectivity index (χ1v) is 12.0. The summed E-state index contributed by atoms with van der Waals surface area (Å²) in [6.45, 7) is 5.47. The quantitative estimate of drug-likeness (QED) is 0.699. The number of piperazine rings is 1. The van der Waals surface area contributed by atoms with E-state index in [-0.39, 0.29) is 32.0 Å². The predicted molar refractivity (Wildman–Crippen MR) is 128 cm³/mol. The fourth-order valence-corrected chi connectivity index (χ4v) is 5.70. The van der Waals surface area contributed by atoms with Crippen LogP contribution in [0.2, 0.25) is 0 Å². The molecule has 35 heavy (non-hydrogen) atoms. The second kappa shape index (κ2) is 8.29. The van der Waals surface area contributed by atoms with E-state index in [0.717, 1.165) is 22.3 Å². The number of carbonyl (C=O) groups excluding carboxylic acids is 2. The van der Waals surface area contributed by atoms with E-state index in [9.17, 15) is 19.5 Å². The number of carbonyl (C=O) groups is 3. The molecule has 0 aromatic heterocycles. The molecule has 2 unspecified atom stereocenters. The lowest BCUT2D eigenvalue weighted by atomic mass is 9.95. The summed E-state index contributed by atoms with van der Waals surface area (Å²) in [5, 5.41) is 10.1. The van der Waals surface area contributed by atoms with Gasteiger partial charge in [-0.2, -0.15) is 0 Å². The van der Waals surface area contributed by atoms with Gasteiger partial charge in [0, 0.05) is 12.5 Å². The number of amides is 2. The van der Waals surface area contributed by atoms with Crippen LogP contribution in [0.1, 0.15) is 50.7 Å². The minimum absolute atomic E-state index is 0.0837. The van der Waals surface area contributed by atoms with Gasteiger partial charge in [-0.25, -0.2) is 14.4 Å². The third kappa shape index (κ3) is 3.90. The fourth-order valence-electron chi connectivity index (χ4n) is 5.70. The highest BCUT2D eigenvalue weighted by molar-refractivity contribution is 5.87. The first kappa shape index (κ1) is 23.2. The van der Waals surface area contributed by atoms with Crippen LogP contribution in [-0.2, 0) is 14.3 Å². The lowest BCUT2D eigenvalue weighted by Crippen LogP contribution is -2.67. The number of hydrogen-bond acceptors (Lipinski definition) is 5. The molecule has 2 aromatic rings. The molecule has 2 aromatic carbocycles. The van der Waals surface area contributed by atoms with Gasteiger partial charge in [0.1, 0.15) is 12.2 Å². The number of likely N-dealkylation sites (tertiary alicyclic amines) is 1. The maximum Gasteiger partial charge on any atom is 0.411 e. The summed E-state index contributed by atoms with van der Waals surface area (Å²) in [5.74, 6) is -1.22. The van der Waals surface area contributed by atoms with Crippen LogP contribution < -0.4 is 0 Å². The Morgan fingerprint density at radius 3 is 2.17 bits per heavy atom. The first-order valence-electron chi connectivity index (χ1n) is 12.0. The summed E-state index contributed by atoms with van der Waals surface area (Å²) in [5.41, 5.74) is 2.23. The Morgan fingerprint density at radius 1 is 1.00 bits per heavy atom. The Morgan fingerprint density at radius 2 is 1.60 bits per heavy atom. The van der Waals surface area contributed by atoms with E-state index in [1.165, 1.54) is 9.80 Å². The highest BCUT2D eigenvalue weighted by Crippen LogP contribution is 2.45. The number of nitrogens with zero attached hydrogens (tertiary/aromatic N) is 2. The number of ether oxygens (including phenoxy) is 2. The predicted octanol–water partition coefficient (Wildman–Crippen LogP) is 4.47. The van der Waals surface area contributed by atoms with Gasteiger partial charge in [-0.3, -0.25) is 4.90 Å². The van der Waals surface area contributed by atoms with E-state index >= 15 is 0 Å². The summed E-state index contributed by atoms with van der Waals surface area (Å²) in [6, 6.07) is 15.7. The smallest absolute Gasteiger partial charge is 0.411 e. The molecule has 2 saturated heterocycles. The topological polar surface area (TPSA) is 96.4 Å². The standard InChI is InChI=1S/C27H30N2O6/c1-26(2,3)35-25(33)29-17-12-13-27(29,23(30)31)16-28(14-17)24(32)34-15-22-20-10-6-4-8-18(20)19-9-5-7-11-21(19)22/h4-11,17,22H,12-16H2,1-3H3,(H,30,31). The number of hydrogen-bond donors (Lipinski definition) is 1. The Kier molecular flexibility index (Phi) is 5.49. The van der Waals surface area contributed by atoms with Crippen LogP contribution >= 0.6 is 0 Å². The van der Waals surface area contributed by atoms with Crippen molar-refractivity contribution in [3.8, 4) is 11.1 Å². The molecule has 1 aliphatic carbocycles. The number of benzene rings is 2. The second-order valence-electron chi connectivity index (χ2n) is 10.6. The van der Waals surface area contributed by atoms with Gasteiger partial charge in [0.05, 0.1) is 12.6 Å². The average molecular weight is 479 g/mol. The summed E-state index contributed by atoms with van der Waals surface area (Å²) in [6.07, 6.45) is -0.472. The molecule has 8 nitrogen and oxygen atoms in total. The van der Waals surface area contributed by atoms with Gasteiger partial charge in [-0.05, 0) is 55.9 Å². The van der Waals surface area contributed by atoms with E-state index in [1.807, 2.05) is 36.4 Å². The van der Waals surface area contributed by atoms with E-state index in [2.05, 4.69) is 12.1 Å². The molecular weight excluding hydrogens is 448 g/mol. The minimum Gasteiger partial charge on any atom is -0.479 e. The largest absolute Gasteiger partial charge is 0.479 e. The molecule has 2 atom stereocenters. The zero-order valence-corrected chi connectivity index (χ0v) is 20.2. The van der Waals surface area contributed by atoms with Gasteiger partial charge in [-0.15, -0.1) is 0 Å². The SMILES string of the molecule is CC(C)(C)OC(=O)N1C2CCC1(C(=O)O)CN(C(=O)OCC1c3ccccc3-c3ccccc31)C2. The Balaban J connectivity index is 1.32. The van der Waals surface area contributed by atoms with Crippen LogP contribution in [0.15, 0.2) is 48.5 Å². The number of carboxylic acids is 1. The van der Waals surface area contributed by atoms with Crippen LogP contribution in [0, 0.1) is 0 Å². The third-order valence-corrected chi connectivity index (χ3v) is 7.18. The second-order valence-corrected chi connectivity index (χ2v) is 10.6. The van der Waals surface area contributed by atoms with Gasteiger partial charge < -0.3 is 19.5 Å². The first-order chi connectivity index (χ1) is 16.6. The third-order valence-electron chi connectivity index (χ3n) is 7.18. The van der Waals surface area contributed by atoms with E-state index < -0.39 is 35.3 Å². The zero-order valence-electron chi connectivity index (χ0n) is 20.2. The van der Waals surface area contributed by atoms with Crippen molar-refractivity contribution >= 4 is 18.2 Å². The van der Waals surface area contributed by atoms with Crippen LogP contribution in [-0.4, -0.2) is 69.9 Å². The van der Waals surface area contributed by atoms with Crippen molar-refractivity contribution in [2.24, 2.45) is 0 Å². The molecule has 5 rings (SSSR count). The number of carboxylic acid groups (broad SMARTS) is 1. The number of rotatable bonds is 3. The molecule has 1 N–H and O–H groups in total. The van der Waals surface area contributed by atoms with Crippen molar-refractivity contribution in [3.63, 3.8) is 0 Å². The average Bonchev–Trinajstić information content (AvgIpc) is 3.26. The molecule has 2 fully saturated rings. The molecule has 0 saturated carbocycles. The number of aliphatic carboxylic acids is 1. The summed E-state index contributed by atoms with van der Waals surface area (Å²) >= 11 is 0. The molecular formula is C27H30N2O6. The molecule has 0 radical (unpaired) electrons. The van der Waals surface area contributed by atoms with Crippen LogP contribution in [0.5, 0.6) is 0 Å². The monoisotopic (exact) mass is 478 g/mol. The van der Waals surface area contributed by atoms with Gasteiger partial charge in [0.15, 0.2) is 5.54 Å². The molecule has 2 heterocycles. The zero-order chi connectivity index (χ0) is 25.0. The van der Waals surface area contributed by atoms with Crippen molar-refractivity contribution in [2.45, 2.75) is 56.7 Å². The van der Waals surface area contributed by atoms with Gasteiger partial charge in [0.25, 0.3) is 0 Å². The Bertz CT molecular complexity index is 1140. The van der Waals surface area contributed by atoms with Crippen molar-refractivity contribution < 1.29 is 29.0 Å². The van der Waals surface area contributed by atoms with Crippen molar-refractivity contribution in [1.82, 2.24) is 9.80 Å².